The fraction of sp³-hybridized carbons (Fsp3) is 0.316. The molecule has 4 heteroatoms. The number of nitrogens with one attached hydrogen (secondary N) is 2. The minimum absolute atomic E-state index is 0.0620. The Morgan fingerprint density at radius 2 is 1.87 bits per heavy atom. The van der Waals surface area contributed by atoms with E-state index < -0.39 is 0 Å². The average molecular weight is 312 g/mol. The van der Waals surface area contributed by atoms with Gasteiger partial charge in [0.1, 0.15) is 5.75 Å². The normalized spacial score (nSPS) is 11.7. The Hall–Kier alpha value is -2.49. The molecule has 2 aromatic carbocycles. The summed E-state index contributed by atoms with van der Waals surface area (Å²) in [6.07, 6.45) is 0. The van der Waals surface area contributed by atoms with Crippen LogP contribution in [0.3, 0.4) is 0 Å². The van der Waals surface area contributed by atoms with Crippen LogP contribution in [0.1, 0.15) is 36.6 Å². The van der Waals surface area contributed by atoms with Crippen LogP contribution in [0.2, 0.25) is 0 Å². The van der Waals surface area contributed by atoms with Gasteiger partial charge < -0.3 is 15.4 Å². The summed E-state index contributed by atoms with van der Waals surface area (Å²) in [5.41, 5.74) is 4.04. The summed E-state index contributed by atoms with van der Waals surface area (Å²) in [7, 11) is 0. The third-order valence-corrected chi connectivity index (χ3v) is 3.75. The van der Waals surface area contributed by atoms with Crippen molar-refractivity contribution in [3.8, 4) is 5.75 Å². The molecule has 0 aliphatic carbocycles. The first-order valence-electron chi connectivity index (χ1n) is 7.87. The number of amides is 2. The van der Waals surface area contributed by atoms with Gasteiger partial charge in [0.15, 0.2) is 0 Å². The van der Waals surface area contributed by atoms with E-state index in [4.69, 9.17) is 4.74 Å². The maximum absolute atomic E-state index is 12.2. The van der Waals surface area contributed by atoms with Crippen molar-refractivity contribution in [2.24, 2.45) is 0 Å². The monoisotopic (exact) mass is 312 g/mol. The number of carbonyl (C=O) groups is 1. The van der Waals surface area contributed by atoms with Gasteiger partial charge in [-0.25, -0.2) is 4.79 Å². The highest BCUT2D eigenvalue weighted by atomic mass is 16.5. The average Bonchev–Trinajstić information content (AvgIpc) is 2.51. The van der Waals surface area contributed by atoms with Gasteiger partial charge in [-0.15, -0.1) is 0 Å². The van der Waals surface area contributed by atoms with Gasteiger partial charge in [-0.2, -0.15) is 0 Å². The summed E-state index contributed by atoms with van der Waals surface area (Å²) in [5, 5.41) is 5.82. The van der Waals surface area contributed by atoms with Crippen LogP contribution in [-0.2, 0) is 0 Å². The topological polar surface area (TPSA) is 50.4 Å². The first-order chi connectivity index (χ1) is 11.0. The molecule has 2 aromatic rings. The summed E-state index contributed by atoms with van der Waals surface area (Å²) >= 11 is 0. The van der Waals surface area contributed by atoms with Crippen LogP contribution < -0.4 is 15.4 Å². The van der Waals surface area contributed by atoms with Gasteiger partial charge >= 0.3 is 6.03 Å². The van der Waals surface area contributed by atoms with Crippen molar-refractivity contribution in [3.63, 3.8) is 0 Å². The Balaban J connectivity index is 2.02. The number of ether oxygens (including phenoxy) is 1. The van der Waals surface area contributed by atoms with Crippen molar-refractivity contribution in [2.45, 2.75) is 33.7 Å². The van der Waals surface area contributed by atoms with Crippen molar-refractivity contribution in [1.82, 2.24) is 5.32 Å². The second-order valence-electron chi connectivity index (χ2n) is 5.59. The minimum atomic E-state index is -0.230. The molecule has 0 aromatic heterocycles. The molecule has 0 fully saturated rings. The maximum Gasteiger partial charge on any atom is 0.319 e. The van der Waals surface area contributed by atoms with Crippen molar-refractivity contribution in [2.75, 3.05) is 11.9 Å². The molecule has 0 spiro atoms. The van der Waals surface area contributed by atoms with Crippen molar-refractivity contribution < 1.29 is 9.53 Å². The zero-order valence-corrected chi connectivity index (χ0v) is 14.1. The molecule has 2 amide bonds. The first-order valence-corrected chi connectivity index (χ1v) is 7.87. The second-order valence-corrected chi connectivity index (χ2v) is 5.59. The van der Waals surface area contributed by atoms with E-state index in [2.05, 4.69) is 10.6 Å². The van der Waals surface area contributed by atoms with Crippen LogP contribution in [0, 0.1) is 13.8 Å². The van der Waals surface area contributed by atoms with E-state index >= 15 is 0 Å². The lowest BCUT2D eigenvalue weighted by molar-refractivity contribution is 0.249. The van der Waals surface area contributed by atoms with E-state index in [1.54, 1.807) is 0 Å². The molecule has 0 radical (unpaired) electrons. The van der Waals surface area contributed by atoms with Gasteiger partial charge in [0.05, 0.1) is 12.6 Å². The van der Waals surface area contributed by atoms with Crippen LogP contribution in [0.4, 0.5) is 10.5 Å². The Morgan fingerprint density at radius 1 is 1.13 bits per heavy atom. The van der Waals surface area contributed by atoms with E-state index in [0.717, 1.165) is 22.4 Å². The number of aryl methyl sites for hydroxylation is 2. The maximum atomic E-state index is 12.2. The predicted molar refractivity (Wildman–Crippen MR) is 94.1 cm³/mol. The standard InChI is InChI=1S/C19H24N2O2/c1-5-23-18-12-16(11-10-14(18)3)21-19(22)20-15(4)17-9-7-6-8-13(17)2/h6-12,15H,5H2,1-4H3,(H2,20,21,22). The molecule has 0 saturated carbocycles. The zero-order valence-electron chi connectivity index (χ0n) is 14.1. The fourth-order valence-electron chi connectivity index (χ4n) is 2.50. The van der Waals surface area contributed by atoms with Gasteiger partial charge in [0.25, 0.3) is 0 Å². The summed E-state index contributed by atoms with van der Waals surface area (Å²) in [5.74, 6) is 0.789. The van der Waals surface area contributed by atoms with Gasteiger partial charge in [-0.1, -0.05) is 30.3 Å². The molecule has 2 N–H and O–H groups in total. The number of hydrogen-bond acceptors (Lipinski definition) is 2. The summed E-state index contributed by atoms with van der Waals surface area (Å²) < 4.78 is 5.55. The molecule has 0 aliphatic heterocycles. The quantitative estimate of drug-likeness (QED) is 0.848. The summed E-state index contributed by atoms with van der Waals surface area (Å²) in [4.78, 5) is 12.2. The minimum Gasteiger partial charge on any atom is -0.494 e. The lowest BCUT2D eigenvalue weighted by atomic mass is 10.0. The van der Waals surface area contributed by atoms with E-state index in [0.29, 0.717) is 12.3 Å². The number of benzene rings is 2. The largest absolute Gasteiger partial charge is 0.494 e. The van der Waals surface area contributed by atoms with Gasteiger partial charge in [-0.05, 0) is 50.5 Å². The van der Waals surface area contributed by atoms with Crippen molar-refractivity contribution in [3.05, 3.63) is 59.2 Å². The molecular weight excluding hydrogens is 288 g/mol. The SMILES string of the molecule is CCOc1cc(NC(=O)NC(C)c2ccccc2C)ccc1C. The van der Waals surface area contributed by atoms with Gasteiger partial charge in [-0.3, -0.25) is 0 Å². The van der Waals surface area contributed by atoms with Gasteiger partial charge in [0, 0.05) is 11.8 Å². The molecule has 0 bridgehead atoms. The van der Waals surface area contributed by atoms with E-state index in [9.17, 15) is 4.79 Å². The molecule has 2 rings (SSSR count). The number of carbonyl (C=O) groups excluding carboxylic acids is 1. The highest BCUT2D eigenvalue weighted by Gasteiger charge is 2.12. The molecule has 1 atom stereocenters. The summed E-state index contributed by atoms with van der Waals surface area (Å²) in [6, 6.07) is 13.4. The second kappa shape index (κ2) is 7.68. The van der Waals surface area contributed by atoms with Crippen molar-refractivity contribution >= 4 is 11.7 Å². The number of hydrogen-bond donors (Lipinski definition) is 2. The molecule has 4 nitrogen and oxygen atoms in total. The van der Waals surface area contributed by atoms with Gasteiger partial charge in [0.2, 0.25) is 0 Å². The number of rotatable bonds is 5. The van der Waals surface area contributed by atoms with E-state index in [-0.39, 0.29) is 12.1 Å². The Morgan fingerprint density at radius 3 is 2.57 bits per heavy atom. The van der Waals surface area contributed by atoms with Crippen molar-refractivity contribution in [1.29, 1.82) is 0 Å². The molecule has 1 unspecified atom stereocenters. The lowest BCUT2D eigenvalue weighted by Crippen LogP contribution is -2.31. The fourth-order valence-corrected chi connectivity index (χ4v) is 2.50. The third kappa shape index (κ3) is 4.49. The highest BCUT2D eigenvalue weighted by Crippen LogP contribution is 2.23. The van der Waals surface area contributed by atoms with Crippen LogP contribution >= 0.6 is 0 Å². The van der Waals surface area contributed by atoms with E-state index in [1.807, 2.05) is 70.2 Å². The smallest absolute Gasteiger partial charge is 0.319 e. The number of anilines is 1. The molecule has 23 heavy (non-hydrogen) atoms. The lowest BCUT2D eigenvalue weighted by Gasteiger charge is -2.17. The van der Waals surface area contributed by atoms with Crippen LogP contribution in [0.25, 0.3) is 0 Å². The molecule has 122 valence electrons. The van der Waals surface area contributed by atoms with Crippen LogP contribution in [0.5, 0.6) is 5.75 Å². The highest BCUT2D eigenvalue weighted by molar-refractivity contribution is 5.89. The predicted octanol–water partition coefficient (Wildman–Crippen LogP) is 4.58. The first kappa shape index (κ1) is 16.9. The van der Waals surface area contributed by atoms with Crippen LogP contribution in [0.15, 0.2) is 42.5 Å². The molecule has 0 aliphatic rings. The van der Waals surface area contributed by atoms with E-state index in [1.165, 1.54) is 0 Å². The molecular formula is C19H24N2O2. The Bertz CT molecular complexity index is 683. The number of urea groups is 1. The zero-order chi connectivity index (χ0) is 16.8. The Kier molecular flexibility index (Phi) is 5.63. The third-order valence-electron chi connectivity index (χ3n) is 3.75. The molecule has 0 saturated heterocycles. The van der Waals surface area contributed by atoms with Crippen LogP contribution in [-0.4, -0.2) is 12.6 Å². The molecule has 0 heterocycles. The Labute approximate surface area is 137 Å². The summed E-state index contributed by atoms with van der Waals surface area (Å²) in [6.45, 7) is 8.54.